The molecule has 2 aromatic carbocycles. The summed E-state index contributed by atoms with van der Waals surface area (Å²) in [4.78, 5) is 12.7. The maximum Gasteiger partial charge on any atom is 0.401 e. The maximum absolute atomic E-state index is 13.5. The molecule has 0 unspecified atom stereocenters. The van der Waals surface area contributed by atoms with Crippen LogP contribution in [0.25, 0.3) is 11.3 Å². The number of hydrogen-bond donors (Lipinski definition) is 1. The van der Waals surface area contributed by atoms with Crippen molar-refractivity contribution < 1.29 is 22.6 Å². The molecule has 40 heavy (non-hydrogen) atoms. The molecular weight excluding hydrogens is 519 g/mol. The number of hydrogen-bond acceptors (Lipinski definition) is 7. The summed E-state index contributed by atoms with van der Waals surface area (Å²) >= 11 is 0. The fourth-order valence-electron chi connectivity index (χ4n) is 4.93. The smallest absolute Gasteiger partial charge is 0.401 e. The number of alkyl halides is 3. The first-order chi connectivity index (χ1) is 19.4. The van der Waals surface area contributed by atoms with Gasteiger partial charge in [-0.25, -0.2) is 9.97 Å². The summed E-state index contributed by atoms with van der Waals surface area (Å²) in [7, 11) is 0. The van der Waals surface area contributed by atoms with Crippen LogP contribution in [0.1, 0.15) is 24.8 Å². The number of likely N-dealkylation sites (tertiary alicyclic amines) is 1. The topological polar surface area (TPSA) is 62.8 Å². The number of halogens is 3. The molecule has 1 N–H and O–H groups in total. The lowest BCUT2D eigenvalue weighted by Gasteiger charge is -2.24. The number of fused-ring (bicyclic) bond motifs is 7. The lowest BCUT2D eigenvalue weighted by Crippen LogP contribution is -2.34. The van der Waals surface area contributed by atoms with E-state index in [2.05, 4.69) is 20.2 Å². The number of nitrogens with zero attached hydrogens (tertiary/aromatic N) is 4. The summed E-state index contributed by atoms with van der Waals surface area (Å²) in [6.07, 6.45) is 3.91. The summed E-state index contributed by atoms with van der Waals surface area (Å²) < 4.78 is 52.6. The first kappa shape index (κ1) is 27.9. The van der Waals surface area contributed by atoms with E-state index in [-0.39, 0.29) is 13.1 Å². The minimum atomic E-state index is -4.33. The van der Waals surface area contributed by atoms with Crippen molar-refractivity contribution in [1.29, 1.82) is 0 Å². The maximum atomic E-state index is 13.5. The molecular formula is C30H34F3N5O2. The second-order valence-electron chi connectivity index (χ2n) is 10.0. The Morgan fingerprint density at radius 3 is 2.73 bits per heavy atom. The van der Waals surface area contributed by atoms with E-state index in [1.807, 2.05) is 54.6 Å². The molecule has 5 rings (SSSR count). The number of anilines is 2. The van der Waals surface area contributed by atoms with E-state index in [4.69, 9.17) is 9.47 Å². The van der Waals surface area contributed by atoms with Crippen molar-refractivity contribution in [2.45, 2.75) is 32.0 Å². The van der Waals surface area contributed by atoms with Crippen LogP contribution in [-0.2, 0) is 6.54 Å². The summed E-state index contributed by atoms with van der Waals surface area (Å²) in [5, 5.41) is 3.21. The number of aromatic nitrogens is 2. The van der Waals surface area contributed by atoms with Crippen molar-refractivity contribution in [2.24, 2.45) is 0 Å². The van der Waals surface area contributed by atoms with Crippen molar-refractivity contribution in [1.82, 2.24) is 19.8 Å². The molecule has 0 spiro atoms. The number of ether oxygens (including phenoxy) is 2. The van der Waals surface area contributed by atoms with Gasteiger partial charge >= 0.3 is 6.18 Å². The van der Waals surface area contributed by atoms with Crippen molar-refractivity contribution in [3.8, 4) is 22.8 Å². The molecule has 0 aliphatic carbocycles. The second-order valence-corrected chi connectivity index (χ2v) is 10.0. The highest BCUT2D eigenvalue weighted by Gasteiger charge is 2.30. The predicted molar refractivity (Wildman–Crippen MR) is 149 cm³/mol. The summed E-state index contributed by atoms with van der Waals surface area (Å²) in [5.41, 5.74) is 2.95. The van der Waals surface area contributed by atoms with Gasteiger partial charge in [0.1, 0.15) is 18.1 Å². The summed E-state index contributed by atoms with van der Waals surface area (Å²) in [6.45, 7) is 2.97. The van der Waals surface area contributed by atoms with Gasteiger partial charge in [-0.2, -0.15) is 13.2 Å². The van der Waals surface area contributed by atoms with Crippen molar-refractivity contribution in [2.75, 3.05) is 51.3 Å². The first-order valence-electron chi connectivity index (χ1n) is 13.7. The van der Waals surface area contributed by atoms with Gasteiger partial charge in [0.2, 0.25) is 5.95 Å². The Labute approximate surface area is 232 Å². The average Bonchev–Trinajstić information content (AvgIpc) is 3.44. The summed E-state index contributed by atoms with van der Waals surface area (Å²) in [6, 6.07) is 14.9. The zero-order valence-electron chi connectivity index (χ0n) is 22.4. The van der Waals surface area contributed by atoms with Crippen LogP contribution < -0.4 is 14.8 Å². The lowest BCUT2D eigenvalue weighted by molar-refractivity contribution is -0.145. The molecule has 2 aliphatic heterocycles. The van der Waals surface area contributed by atoms with E-state index < -0.39 is 12.7 Å². The van der Waals surface area contributed by atoms with E-state index in [0.29, 0.717) is 48.3 Å². The fourth-order valence-corrected chi connectivity index (χ4v) is 4.93. The Hall–Kier alpha value is -3.63. The first-order valence-corrected chi connectivity index (χ1v) is 13.7. The van der Waals surface area contributed by atoms with Gasteiger partial charge in [0.25, 0.3) is 0 Å². The molecule has 2 aliphatic rings. The van der Waals surface area contributed by atoms with Crippen LogP contribution in [0.5, 0.6) is 11.5 Å². The van der Waals surface area contributed by atoms with E-state index in [9.17, 15) is 13.2 Å². The molecule has 3 aromatic rings. The molecule has 1 saturated heterocycles. The third-order valence-electron chi connectivity index (χ3n) is 6.85. The Kier molecular flexibility index (Phi) is 9.18. The highest BCUT2D eigenvalue weighted by molar-refractivity contribution is 5.64. The van der Waals surface area contributed by atoms with Crippen LogP contribution in [0, 0.1) is 0 Å². The molecule has 1 aromatic heterocycles. The Balaban J connectivity index is 1.44. The number of benzene rings is 2. The molecule has 0 radical (unpaired) electrons. The van der Waals surface area contributed by atoms with E-state index in [1.165, 1.54) is 17.7 Å². The highest BCUT2D eigenvalue weighted by Crippen LogP contribution is 2.29. The Morgan fingerprint density at radius 1 is 1.00 bits per heavy atom. The van der Waals surface area contributed by atoms with Crippen molar-refractivity contribution in [3.63, 3.8) is 0 Å². The summed E-state index contributed by atoms with van der Waals surface area (Å²) in [5.74, 6) is 1.66. The average molecular weight is 554 g/mol. The van der Waals surface area contributed by atoms with Crippen LogP contribution in [0.2, 0.25) is 0 Å². The zero-order chi connectivity index (χ0) is 27.8. The van der Waals surface area contributed by atoms with Gasteiger partial charge in [0.15, 0.2) is 0 Å². The molecule has 1 fully saturated rings. The van der Waals surface area contributed by atoms with Gasteiger partial charge in [-0.05, 0) is 68.8 Å². The fraction of sp³-hybridized carbons (Fsp3) is 0.400. The van der Waals surface area contributed by atoms with Gasteiger partial charge in [0, 0.05) is 42.6 Å². The van der Waals surface area contributed by atoms with Crippen molar-refractivity contribution >= 4 is 11.6 Å². The Morgan fingerprint density at radius 2 is 1.88 bits per heavy atom. The van der Waals surface area contributed by atoms with Gasteiger partial charge < -0.3 is 14.8 Å². The normalized spacial score (nSPS) is 17.8. The number of nitrogens with one attached hydrogen (secondary N) is 1. The molecule has 7 nitrogen and oxygen atoms in total. The van der Waals surface area contributed by atoms with Gasteiger partial charge in [-0.15, -0.1) is 0 Å². The van der Waals surface area contributed by atoms with Gasteiger partial charge in [-0.1, -0.05) is 24.3 Å². The molecule has 10 heteroatoms. The molecule has 0 saturated carbocycles. The van der Waals surface area contributed by atoms with Gasteiger partial charge in [-0.3, -0.25) is 9.80 Å². The molecule has 212 valence electrons. The minimum absolute atomic E-state index is 0.0698. The minimum Gasteiger partial charge on any atom is -0.493 e. The standard InChI is InChI=1S/C30H34F3N5O2/c31-30(32,33)22-38-15-2-1-5-17-39-26-8-6-7-23(20-26)27-11-12-34-29(36-27)35-25-9-10-28(24(19-25)21-38)40-18-16-37-13-3-4-14-37/h1-2,6-12,19-20H,3-5,13-18,21-22H2,(H,34,35,36)/b2-1+. The van der Waals surface area contributed by atoms with E-state index in [0.717, 1.165) is 30.9 Å². The zero-order valence-corrected chi connectivity index (χ0v) is 22.4. The van der Waals surface area contributed by atoms with Crippen molar-refractivity contribution in [3.05, 3.63) is 72.4 Å². The predicted octanol–water partition coefficient (Wildman–Crippen LogP) is 6.06. The van der Waals surface area contributed by atoms with Crippen LogP contribution in [0.4, 0.5) is 24.8 Å². The number of rotatable bonds is 5. The monoisotopic (exact) mass is 553 g/mol. The molecule has 0 atom stereocenters. The quantitative estimate of drug-likeness (QED) is 0.385. The van der Waals surface area contributed by atoms with Gasteiger partial charge in [0.05, 0.1) is 18.8 Å². The third-order valence-corrected chi connectivity index (χ3v) is 6.85. The molecule has 6 bridgehead atoms. The third kappa shape index (κ3) is 8.19. The largest absolute Gasteiger partial charge is 0.493 e. The van der Waals surface area contributed by atoms with Crippen LogP contribution in [0.3, 0.4) is 0 Å². The molecule has 3 heterocycles. The molecule has 0 amide bonds. The van der Waals surface area contributed by atoms with Crippen LogP contribution in [-0.4, -0.2) is 71.9 Å². The van der Waals surface area contributed by atoms with E-state index >= 15 is 0 Å². The van der Waals surface area contributed by atoms with E-state index in [1.54, 1.807) is 12.3 Å². The lowest BCUT2D eigenvalue weighted by atomic mass is 10.1. The SMILES string of the molecule is FC(F)(F)CN1C/C=C/CCOc2cccc(c2)-c2ccnc(n2)Nc2ccc(OCCN3CCCC3)c(c2)C1. The van der Waals surface area contributed by atoms with Crippen LogP contribution >= 0.6 is 0 Å². The highest BCUT2D eigenvalue weighted by atomic mass is 19.4. The Bertz CT molecular complexity index is 1290. The second kappa shape index (κ2) is 13.1. The van der Waals surface area contributed by atoms with Crippen LogP contribution in [0.15, 0.2) is 66.9 Å².